The van der Waals surface area contributed by atoms with Crippen LogP contribution in [0.25, 0.3) is 17.1 Å². The molecule has 3 aromatic rings. The van der Waals surface area contributed by atoms with Crippen molar-refractivity contribution < 1.29 is 14.3 Å². The standard InChI is InChI=1S/C22H21N3O4/c26-21(8-6-15-5-7-19-20(13-15)29-14-28-19)24-11-9-16(10-12-24)25-18-4-2-1-3-17(18)23-22(25)27/h1-8,13,16H,9-12,14H2,(H,23,27)/b8-6+. The Morgan fingerprint density at radius 2 is 1.86 bits per heavy atom. The second kappa shape index (κ2) is 7.16. The van der Waals surface area contributed by atoms with E-state index >= 15 is 0 Å². The average Bonchev–Trinajstić information content (AvgIpc) is 3.35. The molecule has 5 rings (SSSR count). The molecule has 2 aromatic carbocycles. The number of rotatable bonds is 3. The number of ether oxygens (including phenoxy) is 2. The maximum Gasteiger partial charge on any atom is 0.326 e. The van der Waals surface area contributed by atoms with Gasteiger partial charge in [0.05, 0.1) is 11.0 Å². The number of hydrogen-bond acceptors (Lipinski definition) is 4. The number of fused-ring (bicyclic) bond motifs is 2. The molecule has 0 bridgehead atoms. The number of piperidine rings is 1. The smallest absolute Gasteiger partial charge is 0.326 e. The van der Waals surface area contributed by atoms with Gasteiger partial charge in [-0.2, -0.15) is 0 Å². The van der Waals surface area contributed by atoms with Crippen molar-refractivity contribution in [2.45, 2.75) is 18.9 Å². The molecule has 2 aliphatic heterocycles. The third-order valence-electron chi connectivity index (χ3n) is 5.58. The second-order valence-electron chi connectivity index (χ2n) is 7.32. The summed E-state index contributed by atoms with van der Waals surface area (Å²) in [5.41, 5.74) is 2.58. The van der Waals surface area contributed by atoms with Gasteiger partial charge in [-0.25, -0.2) is 4.79 Å². The number of benzene rings is 2. The van der Waals surface area contributed by atoms with Gasteiger partial charge in [-0.1, -0.05) is 18.2 Å². The van der Waals surface area contributed by atoms with Crippen molar-refractivity contribution in [3.05, 3.63) is 64.6 Å². The van der Waals surface area contributed by atoms with E-state index in [-0.39, 0.29) is 24.4 Å². The van der Waals surface area contributed by atoms with E-state index in [0.29, 0.717) is 18.8 Å². The lowest BCUT2D eigenvalue weighted by molar-refractivity contribution is -0.127. The zero-order valence-corrected chi connectivity index (χ0v) is 15.8. The number of likely N-dealkylation sites (tertiary alicyclic amines) is 1. The quantitative estimate of drug-likeness (QED) is 0.697. The fourth-order valence-electron chi connectivity index (χ4n) is 4.07. The monoisotopic (exact) mass is 391 g/mol. The van der Waals surface area contributed by atoms with E-state index < -0.39 is 0 Å². The van der Waals surface area contributed by atoms with Gasteiger partial charge in [0.2, 0.25) is 12.7 Å². The van der Waals surface area contributed by atoms with Crippen LogP contribution in [-0.4, -0.2) is 40.2 Å². The van der Waals surface area contributed by atoms with Gasteiger partial charge in [0, 0.05) is 25.2 Å². The number of imidazole rings is 1. The van der Waals surface area contributed by atoms with Crippen molar-refractivity contribution in [1.82, 2.24) is 14.5 Å². The molecule has 148 valence electrons. The molecule has 1 N–H and O–H groups in total. The Bertz CT molecular complexity index is 1150. The summed E-state index contributed by atoms with van der Waals surface area (Å²) in [5.74, 6) is 1.40. The SMILES string of the molecule is O=C(/C=C/c1ccc2c(c1)OCO2)N1CCC(n2c(=O)[nH]c3ccccc32)CC1. The number of H-pyrrole nitrogens is 1. The molecule has 1 fully saturated rings. The van der Waals surface area contributed by atoms with E-state index in [2.05, 4.69) is 4.98 Å². The number of hydrogen-bond donors (Lipinski definition) is 1. The van der Waals surface area contributed by atoms with Gasteiger partial charge < -0.3 is 19.4 Å². The number of aromatic amines is 1. The summed E-state index contributed by atoms with van der Waals surface area (Å²) in [7, 11) is 0. The van der Waals surface area contributed by atoms with Crippen LogP contribution in [-0.2, 0) is 4.79 Å². The van der Waals surface area contributed by atoms with Crippen LogP contribution in [0, 0.1) is 0 Å². The van der Waals surface area contributed by atoms with Gasteiger partial charge in [-0.3, -0.25) is 9.36 Å². The van der Waals surface area contributed by atoms with Crippen molar-refractivity contribution in [2.75, 3.05) is 19.9 Å². The van der Waals surface area contributed by atoms with E-state index in [9.17, 15) is 9.59 Å². The van der Waals surface area contributed by atoms with E-state index in [4.69, 9.17) is 9.47 Å². The molecule has 1 aromatic heterocycles. The van der Waals surface area contributed by atoms with Crippen molar-refractivity contribution in [3.63, 3.8) is 0 Å². The maximum absolute atomic E-state index is 12.6. The van der Waals surface area contributed by atoms with Crippen LogP contribution < -0.4 is 15.2 Å². The van der Waals surface area contributed by atoms with Gasteiger partial charge in [0.15, 0.2) is 11.5 Å². The third kappa shape index (κ3) is 3.29. The minimum atomic E-state index is -0.0846. The minimum absolute atomic E-state index is 0.0209. The first kappa shape index (κ1) is 17.6. The van der Waals surface area contributed by atoms with Crippen LogP contribution in [0.4, 0.5) is 0 Å². The van der Waals surface area contributed by atoms with Gasteiger partial charge in [-0.05, 0) is 48.7 Å². The molecular formula is C22H21N3O4. The predicted octanol–water partition coefficient (Wildman–Crippen LogP) is 2.94. The molecule has 0 spiro atoms. The highest BCUT2D eigenvalue weighted by Gasteiger charge is 2.25. The number of nitrogens with zero attached hydrogens (tertiary/aromatic N) is 2. The third-order valence-corrected chi connectivity index (χ3v) is 5.58. The molecular weight excluding hydrogens is 370 g/mol. The van der Waals surface area contributed by atoms with Crippen molar-refractivity contribution >= 4 is 23.0 Å². The van der Waals surface area contributed by atoms with Gasteiger partial charge in [-0.15, -0.1) is 0 Å². The van der Waals surface area contributed by atoms with Crippen LogP contribution in [0.2, 0.25) is 0 Å². The molecule has 1 amide bonds. The first-order valence-corrected chi connectivity index (χ1v) is 9.75. The van der Waals surface area contributed by atoms with E-state index in [1.165, 1.54) is 0 Å². The van der Waals surface area contributed by atoms with Crippen LogP contribution in [0.15, 0.2) is 53.3 Å². The molecule has 0 unspecified atom stereocenters. The summed E-state index contributed by atoms with van der Waals surface area (Å²) >= 11 is 0. The summed E-state index contributed by atoms with van der Waals surface area (Å²) in [6, 6.07) is 13.4. The van der Waals surface area contributed by atoms with Crippen LogP contribution >= 0.6 is 0 Å². The van der Waals surface area contributed by atoms with Gasteiger partial charge in [0.25, 0.3) is 0 Å². The molecule has 2 aliphatic rings. The van der Waals surface area contributed by atoms with Crippen LogP contribution in [0.5, 0.6) is 11.5 Å². The molecule has 1 saturated heterocycles. The average molecular weight is 391 g/mol. The number of carbonyl (C=O) groups excluding carboxylic acids is 1. The lowest BCUT2D eigenvalue weighted by Gasteiger charge is -2.32. The van der Waals surface area contributed by atoms with Crippen LogP contribution in [0.3, 0.4) is 0 Å². The summed E-state index contributed by atoms with van der Waals surface area (Å²) < 4.78 is 12.5. The molecule has 0 atom stereocenters. The Kier molecular flexibility index (Phi) is 4.35. The highest BCUT2D eigenvalue weighted by molar-refractivity contribution is 5.92. The van der Waals surface area contributed by atoms with Crippen molar-refractivity contribution in [3.8, 4) is 11.5 Å². The van der Waals surface area contributed by atoms with Crippen molar-refractivity contribution in [1.29, 1.82) is 0 Å². The first-order chi connectivity index (χ1) is 14.2. The number of carbonyl (C=O) groups is 1. The molecule has 0 aliphatic carbocycles. The summed E-state index contributed by atoms with van der Waals surface area (Å²) in [5, 5.41) is 0. The Morgan fingerprint density at radius 3 is 2.72 bits per heavy atom. The topological polar surface area (TPSA) is 76.6 Å². The molecule has 3 heterocycles. The Hall–Kier alpha value is -3.48. The molecule has 7 nitrogen and oxygen atoms in total. The fraction of sp³-hybridized carbons (Fsp3) is 0.273. The molecule has 0 radical (unpaired) electrons. The lowest BCUT2D eigenvalue weighted by Crippen LogP contribution is -2.39. The zero-order chi connectivity index (χ0) is 19.8. The predicted molar refractivity (Wildman–Crippen MR) is 109 cm³/mol. The van der Waals surface area contributed by atoms with E-state index in [1.807, 2.05) is 51.9 Å². The molecule has 29 heavy (non-hydrogen) atoms. The Labute approximate surface area is 167 Å². The zero-order valence-electron chi connectivity index (χ0n) is 15.8. The number of nitrogens with one attached hydrogen (secondary N) is 1. The Balaban J connectivity index is 1.25. The summed E-state index contributed by atoms with van der Waals surface area (Å²) in [4.78, 5) is 29.7. The largest absolute Gasteiger partial charge is 0.454 e. The molecule has 7 heteroatoms. The normalized spacial score (nSPS) is 16.8. The number of amides is 1. The second-order valence-corrected chi connectivity index (χ2v) is 7.32. The fourth-order valence-corrected chi connectivity index (χ4v) is 4.07. The Morgan fingerprint density at radius 1 is 1.07 bits per heavy atom. The molecule has 0 saturated carbocycles. The number of para-hydroxylation sites is 2. The minimum Gasteiger partial charge on any atom is -0.454 e. The maximum atomic E-state index is 12.6. The number of aromatic nitrogens is 2. The van der Waals surface area contributed by atoms with Crippen molar-refractivity contribution in [2.24, 2.45) is 0 Å². The van der Waals surface area contributed by atoms with Gasteiger partial charge >= 0.3 is 5.69 Å². The highest BCUT2D eigenvalue weighted by Crippen LogP contribution is 2.33. The highest BCUT2D eigenvalue weighted by atomic mass is 16.7. The van der Waals surface area contributed by atoms with Crippen LogP contribution in [0.1, 0.15) is 24.4 Å². The lowest BCUT2D eigenvalue weighted by atomic mass is 10.0. The first-order valence-electron chi connectivity index (χ1n) is 9.75. The van der Waals surface area contributed by atoms with E-state index in [0.717, 1.165) is 35.2 Å². The summed E-state index contributed by atoms with van der Waals surface area (Å²) in [6.45, 7) is 1.48. The summed E-state index contributed by atoms with van der Waals surface area (Å²) in [6.07, 6.45) is 4.90. The van der Waals surface area contributed by atoms with E-state index in [1.54, 1.807) is 12.2 Å². The van der Waals surface area contributed by atoms with Gasteiger partial charge in [0.1, 0.15) is 0 Å².